The van der Waals surface area contributed by atoms with E-state index in [1.54, 1.807) is 6.07 Å². The summed E-state index contributed by atoms with van der Waals surface area (Å²) >= 11 is 5.76. The Morgan fingerprint density at radius 2 is 2.00 bits per heavy atom. The smallest absolute Gasteiger partial charge is 0.211 e. The molecule has 106 valence electrons. The van der Waals surface area contributed by atoms with Gasteiger partial charge in [-0.15, -0.1) is 11.6 Å². The number of hydrogen-bond donors (Lipinski definition) is 1. The summed E-state index contributed by atoms with van der Waals surface area (Å²) in [6, 6.07) is 5.48. The lowest BCUT2D eigenvalue weighted by Crippen LogP contribution is -2.31. The van der Waals surface area contributed by atoms with Gasteiger partial charge in [0.15, 0.2) is 0 Å². The predicted molar refractivity (Wildman–Crippen MR) is 78.1 cm³/mol. The topological polar surface area (TPSA) is 46.2 Å². The third kappa shape index (κ3) is 3.50. The highest BCUT2D eigenvalue weighted by molar-refractivity contribution is 7.89. The first-order chi connectivity index (χ1) is 8.88. The zero-order valence-electron chi connectivity index (χ0n) is 11.4. The minimum Gasteiger partial charge on any atom is -0.211 e. The van der Waals surface area contributed by atoms with Crippen LogP contribution in [0.5, 0.6) is 0 Å². The molecule has 0 amide bonds. The molecule has 0 spiro atoms. The zero-order valence-corrected chi connectivity index (χ0v) is 12.9. The maximum absolute atomic E-state index is 12.3. The third-order valence-corrected chi connectivity index (χ3v) is 5.58. The molecule has 1 saturated carbocycles. The Bertz CT molecular complexity index is 565. The van der Waals surface area contributed by atoms with Crippen molar-refractivity contribution in [1.29, 1.82) is 0 Å². The molecule has 0 unspecified atom stereocenters. The molecule has 1 aliphatic carbocycles. The Morgan fingerprint density at radius 3 is 2.58 bits per heavy atom. The average molecular weight is 302 g/mol. The van der Waals surface area contributed by atoms with Crippen LogP contribution in [0.15, 0.2) is 23.1 Å². The first kappa shape index (κ1) is 14.8. The monoisotopic (exact) mass is 301 g/mol. The van der Waals surface area contributed by atoms with Crippen LogP contribution in [-0.4, -0.2) is 20.8 Å². The van der Waals surface area contributed by atoms with Crippen molar-refractivity contribution < 1.29 is 8.42 Å². The molecule has 2 rings (SSSR count). The minimum absolute atomic E-state index is 0.104. The van der Waals surface area contributed by atoms with Crippen LogP contribution >= 0.6 is 11.6 Å². The molecular weight excluding hydrogens is 282 g/mol. The second-order valence-corrected chi connectivity index (χ2v) is 7.65. The van der Waals surface area contributed by atoms with Gasteiger partial charge >= 0.3 is 0 Å². The van der Waals surface area contributed by atoms with Crippen molar-refractivity contribution in [3.05, 3.63) is 29.3 Å². The highest BCUT2D eigenvalue weighted by atomic mass is 35.5. The Balaban J connectivity index is 2.12. The Hall–Kier alpha value is -0.580. The quantitative estimate of drug-likeness (QED) is 0.821. The number of aryl methyl sites for hydroxylation is 2. The van der Waals surface area contributed by atoms with Crippen LogP contribution in [0.3, 0.4) is 0 Å². The maximum Gasteiger partial charge on any atom is 0.240 e. The van der Waals surface area contributed by atoms with E-state index in [2.05, 4.69) is 4.72 Å². The zero-order chi connectivity index (χ0) is 14.1. The fourth-order valence-electron chi connectivity index (χ4n) is 2.22. The van der Waals surface area contributed by atoms with Crippen molar-refractivity contribution >= 4 is 21.6 Å². The van der Waals surface area contributed by atoms with Crippen LogP contribution in [0.4, 0.5) is 0 Å². The van der Waals surface area contributed by atoms with Gasteiger partial charge in [0.2, 0.25) is 10.0 Å². The summed E-state index contributed by atoms with van der Waals surface area (Å²) in [5.74, 6) is 0.588. The molecule has 1 N–H and O–H groups in total. The highest BCUT2D eigenvalue weighted by Crippen LogP contribution is 2.48. The fraction of sp³-hybridized carbons (Fsp3) is 0.571. The van der Waals surface area contributed by atoms with Crippen molar-refractivity contribution in [1.82, 2.24) is 4.72 Å². The molecule has 0 heterocycles. The molecule has 0 aliphatic heterocycles. The standard InChI is InChI=1S/C14H20ClNO2S/c1-11-3-4-12(2)13(9-11)19(17,18)16-10-14(5-6-14)7-8-15/h3-4,9,16H,5-8,10H2,1-2H3. The van der Waals surface area contributed by atoms with E-state index < -0.39 is 10.0 Å². The lowest BCUT2D eigenvalue weighted by Gasteiger charge is -2.16. The molecule has 1 aromatic rings. The molecule has 0 atom stereocenters. The van der Waals surface area contributed by atoms with Crippen molar-refractivity contribution in [3.8, 4) is 0 Å². The van der Waals surface area contributed by atoms with Crippen LogP contribution in [0.2, 0.25) is 0 Å². The van der Waals surface area contributed by atoms with E-state index in [4.69, 9.17) is 11.6 Å². The van der Waals surface area contributed by atoms with Gasteiger partial charge in [-0.1, -0.05) is 12.1 Å². The second-order valence-electron chi connectivity index (χ2n) is 5.53. The van der Waals surface area contributed by atoms with Gasteiger partial charge in [0.25, 0.3) is 0 Å². The number of halogens is 1. The largest absolute Gasteiger partial charge is 0.240 e. The summed E-state index contributed by atoms with van der Waals surface area (Å²) in [6.07, 6.45) is 3.01. The first-order valence-corrected chi connectivity index (χ1v) is 8.53. The Labute approximate surface area is 120 Å². The molecular formula is C14H20ClNO2S. The molecule has 1 aromatic carbocycles. The van der Waals surface area contributed by atoms with Gasteiger partial charge < -0.3 is 0 Å². The van der Waals surface area contributed by atoms with Gasteiger partial charge in [0, 0.05) is 12.4 Å². The van der Waals surface area contributed by atoms with Crippen LogP contribution in [0.25, 0.3) is 0 Å². The summed E-state index contributed by atoms with van der Waals surface area (Å²) in [5.41, 5.74) is 1.83. The summed E-state index contributed by atoms with van der Waals surface area (Å²) in [4.78, 5) is 0.383. The van der Waals surface area contributed by atoms with E-state index >= 15 is 0 Å². The lowest BCUT2D eigenvalue weighted by molar-refractivity contribution is 0.478. The summed E-state index contributed by atoms with van der Waals surface area (Å²) in [5, 5.41) is 0. The van der Waals surface area contributed by atoms with Crippen LogP contribution in [-0.2, 0) is 10.0 Å². The fourth-order valence-corrected chi connectivity index (χ4v) is 4.10. The van der Waals surface area contributed by atoms with Crippen molar-refractivity contribution in [2.75, 3.05) is 12.4 Å². The number of benzene rings is 1. The molecule has 5 heteroatoms. The predicted octanol–water partition coefficient (Wildman–Crippen LogP) is 2.99. The van der Waals surface area contributed by atoms with E-state index in [9.17, 15) is 8.42 Å². The molecule has 0 radical (unpaired) electrons. The van der Waals surface area contributed by atoms with Crippen molar-refractivity contribution in [2.45, 2.75) is 38.0 Å². The number of rotatable bonds is 6. The van der Waals surface area contributed by atoms with Gasteiger partial charge in [0.05, 0.1) is 4.90 Å². The van der Waals surface area contributed by atoms with Gasteiger partial charge in [0.1, 0.15) is 0 Å². The van der Waals surface area contributed by atoms with Gasteiger partial charge in [-0.25, -0.2) is 13.1 Å². The van der Waals surface area contributed by atoms with Gasteiger partial charge in [-0.3, -0.25) is 0 Å². The van der Waals surface area contributed by atoms with E-state index in [1.807, 2.05) is 26.0 Å². The number of hydrogen-bond acceptors (Lipinski definition) is 2. The second kappa shape index (κ2) is 5.43. The molecule has 0 bridgehead atoms. The van der Waals surface area contributed by atoms with Crippen molar-refractivity contribution in [2.24, 2.45) is 5.41 Å². The molecule has 3 nitrogen and oxygen atoms in total. The summed E-state index contributed by atoms with van der Waals surface area (Å²) in [6.45, 7) is 4.21. The molecule has 1 aliphatic rings. The van der Waals surface area contributed by atoms with Crippen molar-refractivity contribution in [3.63, 3.8) is 0 Å². The minimum atomic E-state index is -3.42. The maximum atomic E-state index is 12.3. The van der Waals surface area contributed by atoms with Crippen LogP contribution in [0, 0.1) is 19.3 Å². The number of nitrogens with one attached hydrogen (secondary N) is 1. The van der Waals surface area contributed by atoms with Crippen LogP contribution < -0.4 is 4.72 Å². The molecule has 0 saturated heterocycles. The molecule has 0 aromatic heterocycles. The first-order valence-electron chi connectivity index (χ1n) is 6.51. The number of alkyl halides is 1. The van der Waals surface area contributed by atoms with E-state index in [1.165, 1.54) is 0 Å². The van der Waals surface area contributed by atoms with E-state index in [-0.39, 0.29) is 5.41 Å². The van der Waals surface area contributed by atoms with Gasteiger partial charge in [-0.05, 0) is 55.7 Å². The van der Waals surface area contributed by atoms with Gasteiger partial charge in [-0.2, -0.15) is 0 Å². The Morgan fingerprint density at radius 1 is 1.32 bits per heavy atom. The van der Waals surface area contributed by atoms with E-state index in [0.717, 1.165) is 30.4 Å². The molecule has 19 heavy (non-hydrogen) atoms. The lowest BCUT2D eigenvalue weighted by atomic mass is 10.1. The molecule has 1 fully saturated rings. The van der Waals surface area contributed by atoms with Crippen LogP contribution in [0.1, 0.15) is 30.4 Å². The summed E-state index contributed by atoms with van der Waals surface area (Å²) in [7, 11) is -3.42. The number of sulfonamides is 1. The average Bonchev–Trinajstić information content (AvgIpc) is 3.11. The summed E-state index contributed by atoms with van der Waals surface area (Å²) < 4.78 is 27.4. The third-order valence-electron chi connectivity index (χ3n) is 3.85. The SMILES string of the molecule is Cc1ccc(C)c(S(=O)(=O)NCC2(CCCl)CC2)c1. The Kier molecular flexibility index (Phi) is 4.23. The van der Waals surface area contributed by atoms with E-state index in [0.29, 0.717) is 17.3 Å². The highest BCUT2D eigenvalue weighted by Gasteiger charge is 2.42. The normalized spacial score (nSPS) is 17.4.